The Morgan fingerprint density at radius 2 is 2.18 bits per heavy atom. The zero-order valence-electron chi connectivity index (χ0n) is 12.6. The number of carbonyl (C=O) groups is 3. The Hall–Kier alpha value is -2.70. The molecule has 7 heteroatoms. The van der Waals surface area contributed by atoms with Gasteiger partial charge in [-0.3, -0.25) is 14.7 Å². The zero-order valence-corrected chi connectivity index (χ0v) is 12.6. The van der Waals surface area contributed by atoms with Crippen LogP contribution < -0.4 is 5.32 Å². The SMILES string of the molecule is CCOC(=O)C1=C(C)NC(=O)N(C(C)=O)C1c1cccnc1. The predicted octanol–water partition coefficient (Wildman–Crippen LogP) is 1.53. The van der Waals surface area contributed by atoms with Gasteiger partial charge in [-0.05, 0) is 25.5 Å². The lowest BCUT2D eigenvalue weighted by atomic mass is 9.95. The minimum absolute atomic E-state index is 0.198. The largest absolute Gasteiger partial charge is 0.463 e. The number of hydrogen-bond donors (Lipinski definition) is 1. The van der Waals surface area contributed by atoms with Crippen molar-refractivity contribution in [2.45, 2.75) is 26.8 Å². The Labute approximate surface area is 128 Å². The molecular formula is C15H17N3O4. The third-order valence-electron chi connectivity index (χ3n) is 3.28. The molecule has 2 heterocycles. The quantitative estimate of drug-likeness (QED) is 0.855. The van der Waals surface area contributed by atoms with Crippen LogP contribution in [0.5, 0.6) is 0 Å². The highest BCUT2D eigenvalue weighted by atomic mass is 16.5. The number of amides is 3. The third-order valence-corrected chi connectivity index (χ3v) is 3.28. The van der Waals surface area contributed by atoms with Crippen LogP contribution in [0.15, 0.2) is 35.8 Å². The summed E-state index contributed by atoms with van der Waals surface area (Å²) < 4.78 is 5.06. The second kappa shape index (κ2) is 6.38. The molecule has 1 unspecified atom stereocenters. The second-order valence-electron chi connectivity index (χ2n) is 4.77. The van der Waals surface area contributed by atoms with Crippen LogP contribution in [-0.2, 0) is 14.3 Å². The summed E-state index contributed by atoms with van der Waals surface area (Å²) in [4.78, 5) is 41.3. The fourth-order valence-electron chi connectivity index (χ4n) is 2.39. The van der Waals surface area contributed by atoms with Gasteiger partial charge in [0, 0.05) is 25.0 Å². The van der Waals surface area contributed by atoms with Crippen molar-refractivity contribution in [3.8, 4) is 0 Å². The van der Waals surface area contributed by atoms with Gasteiger partial charge < -0.3 is 10.1 Å². The number of rotatable bonds is 3. The normalized spacial score (nSPS) is 18.0. The van der Waals surface area contributed by atoms with Gasteiger partial charge in [-0.15, -0.1) is 0 Å². The predicted molar refractivity (Wildman–Crippen MR) is 77.4 cm³/mol. The van der Waals surface area contributed by atoms with Gasteiger partial charge in [0.25, 0.3) is 0 Å². The summed E-state index contributed by atoms with van der Waals surface area (Å²) in [5.74, 6) is -1.04. The van der Waals surface area contributed by atoms with Crippen molar-refractivity contribution < 1.29 is 19.1 Å². The summed E-state index contributed by atoms with van der Waals surface area (Å²) >= 11 is 0. The first-order valence-corrected chi connectivity index (χ1v) is 6.86. The van der Waals surface area contributed by atoms with Crippen molar-refractivity contribution in [1.29, 1.82) is 0 Å². The Bertz CT molecular complexity index is 639. The van der Waals surface area contributed by atoms with Gasteiger partial charge in [0.1, 0.15) is 6.04 Å². The molecule has 1 N–H and O–H groups in total. The molecule has 1 atom stereocenters. The first kappa shape index (κ1) is 15.7. The van der Waals surface area contributed by atoms with Crippen molar-refractivity contribution in [2.75, 3.05) is 6.61 Å². The first-order chi connectivity index (χ1) is 10.5. The summed E-state index contributed by atoms with van der Waals surface area (Å²) in [7, 11) is 0. The maximum absolute atomic E-state index is 12.3. The maximum atomic E-state index is 12.3. The lowest BCUT2D eigenvalue weighted by Crippen LogP contribution is -2.50. The van der Waals surface area contributed by atoms with Gasteiger partial charge in [0.2, 0.25) is 5.91 Å². The number of esters is 1. The van der Waals surface area contributed by atoms with E-state index in [4.69, 9.17) is 4.74 Å². The first-order valence-electron chi connectivity index (χ1n) is 6.86. The molecule has 0 aliphatic carbocycles. The highest BCUT2D eigenvalue weighted by Crippen LogP contribution is 2.33. The van der Waals surface area contributed by atoms with E-state index in [-0.39, 0.29) is 12.2 Å². The van der Waals surface area contributed by atoms with Gasteiger partial charge >= 0.3 is 12.0 Å². The van der Waals surface area contributed by atoms with Crippen LogP contribution in [0.3, 0.4) is 0 Å². The number of aromatic nitrogens is 1. The number of pyridine rings is 1. The second-order valence-corrected chi connectivity index (χ2v) is 4.77. The molecule has 0 fully saturated rings. The summed E-state index contributed by atoms with van der Waals surface area (Å²) in [5.41, 5.74) is 1.16. The smallest absolute Gasteiger partial charge is 0.338 e. The summed E-state index contributed by atoms with van der Waals surface area (Å²) in [6, 6.07) is 1.96. The number of nitrogens with zero attached hydrogens (tertiary/aromatic N) is 2. The van der Waals surface area contributed by atoms with E-state index in [0.717, 1.165) is 4.90 Å². The Balaban J connectivity index is 2.60. The molecule has 22 heavy (non-hydrogen) atoms. The number of allylic oxidation sites excluding steroid dienone is 1. The van der Waals surface area contributed by atoms with Gasteiger partial charge in [0.15, 0.2) is 0 Å². The molecule has 0 spiro atoms. The monoisotopic (exact) mass is 303 g/mol. The van der Waals surface area contributed by atoms with E-state index in [1.54, 1.807) is 32.2 Å². The molecule has 0 saturated heterocycles. The molecule has 1 aliphatic heterocycles. The van der Waals surface area contributed by atoms with E-state index >= 15 is 0 Å². The van der Waals surface area contributed by atoms with Gasteiger partial charge in [-0.25, -0.2) is 9.59 Å². The van der Waals surface area contributed by atoms with E-state index in [0.29, 0.717) is 11.3 Å². The van der Waals surface area contributed by atoms with E-state index in [9.17, 15) is 14.4 Å². The molecule has 2 rings (SSSR count). The molecule has 0 bridgehead atoms. The molecular weight excluding hydrogens is 286 g/mol. The number of hydrogen-bond acceptors (Lipinski definition) is 5. The average molecular weight is 303 g/mol. The Kier molecular flexibility index (Phi) is 4.55. The third kappa shape index (κ3) is 2.83. The van der Waals surface area contributed by atoms with Crippen molar-refractivity contribution in [1.82, 2.24) is 15.2 Å². The Morgan fingerprint density at radius 3 is 2.73 bits per heavy atom. The van der Waals surface area contributed by atoms with Crippen LogP contribution in [0.4, 0.5) is 4.79 Å². The van der Waals surface area contributed by atoms with E-state index in [1.165, 1.54) is 13.1 Å². The highest BCUT2D eigenvalue weighted by molar-refractivity contribution is 6.01. The van der Waals surface area contributed by atoms with Crippen LogP contribution in [0, 0.1) is 0 Å². The number of urea groups is 1. The topological polar surface area (TPSA) is 88.6 Å². The van der Waals surface area contributed by atoms with Crippen LogP contribution in [0.2, 0.25) is 0 Å². The summed E-state index contributed by atoms with van der Waals surface area (Å²) in [6.07, 6.45) is 3.09. The molecule has 1 aromatic rings. The van der Waals surface area contributed by atoms with Crippen molar-refractivity contribution in [3.63, 3.8) is 0 Å². The molecule has 116 valence electrons. The zero-order chi connectivity index (χ0) is 16.3. The van der Waals surface area contributed by atoms with Gasteiger partial charge in [-0.2, -0.15) is 0 Å². The van der Waals surface area contributed by atoms with Crippen molar-refractivity contribution >= 4 is 17.9 Å². The minimum atomic E-state index is -0.848. The fourth-order valence-corrected chi connectivity index (χ4v) is 2.39. The fraction of sp³-hybridized carbons (Fsp3) is 0.333. The van der Waals surface area contributed by atoms with E-state index < -0.39 is 23.9 Å². The maximum Gasteiger partial charge on any atom is 0.338 e. The van der Waals surface area contributed by atoms with Gasteiger partial charge in [-0.1, -0.05) is 6.07 Å². The number of carbonyl (C=O) groups excluding carboxylic acids is 3. The van der Waals surface area contributed by atoms with Crippen LogP contribution in [0.25, 0.3) is 0 Å². The number of ether oxygens (including phenoxy) is 1. The summed E-state index contributed by atoms with van der Waals surface area (Å²) in [5, 5.41) is 2.52. The lowest BCUT2D eigenvalue weighted by Gasteiger charge is -2.35. The minimum Gasteiger partial charge on any atom is -0.463 e. The van der Waals surface area contributed by atoms with Crippen LogP contribution in [-0.4, -0.2) is 34.4 Å². The molecule has 1 aromatic heterocycles. The standard InChI is InChI=1S/C15H17N3O4/c1-4-22-14(20)12-9(2)17-15(21)18(10(3)19)13(12)11-6-5-7-16-8-11/h5-8,13H,4H2,1-3H3,(H,17,21). The molecule has 7 nitrogen and oxygen atoms in total. The van der Waals surface area contributed by atoms with E-state index in [2.05, 4.69) is 10.3 Å². The average Bonchev–Trinajstić information content (AvgIpc) is 2.47. The van der Waals surface area contributed by atoms with Crippen molar-refractivity contribution in [3.05, 3.63) is 41.4 Å². The highest BCUT2D eigenvalue weighted by Gasteiger charge is 2.40. The molecule has 1 aliphatic rings. The lowest BCUT2D eigenvalue weighted by molar-refractivity contribution is -0.139. The Morgan fingerprint density at radius 1 is 1.45 bits per heavy atom. The molecule has 0 aromatic carbocycles. The summed E-state index contributed by atoms with van der Waals surface area (Å²) in [6.45, 7) is 4.76. The van der Waals surface area contributed by atoms with Gasteiger partial charge in [0.05, 0.1) is 12.2 Å². The number of nitrogens with one attached hydrogen (secondary N) is 1. The van der Waals surface area contributed by atoms with Crippen LogP contribution >= 0.6 is 0 Å². The van der Waals surface area contributed by atoms with Crippen molar-refractivity contribution in [2.24, 2.45) is 0 Å². The molecule has 0 saturated carbocycles. The van der Waals surface area contributed by atoms with Crippen LogP contribution in [0.1, 0.15) is 32.4 Å². The molecule has 0 radical (unpaired) electrons. The molecule has 3 amide bonds. The number of imide groups is 1. The van der Waals surface area contributed by atoms with E-state index in [1.807, 2.05) is 0 Å².